The largest absolute Gasteiger partial charge is 0.310 e. The zero-order chi connectivity index (χ0) is 11.7. The zero-order valence-electron chi connectivity index (χ0n) is 9.69. The van der Waals surface area contributed by atoms with Gasteiger partial charge in [0.25, 0.3) is 0 Å². The van der Waals surface area contributed by atoms with Crippen LogP contribution >= 0.6 is 0 Å². The van der Waals surface area contributed by atoms with Crippen LogP contribution in [0.3, 0.4) is 0 Å². The maximum atomic E-state index is 8.89. The number of nitrogens with zero attached hydrogens (tertiary/aromatic N) is 2. The van der Waals surface area contributed by atoms with Gasteiger partial charge in [-0.25, -0.2) is 0 Å². The molecule has 0 radical (unpaired) electrons. The number of nitrogens with one attached hydrogen (secondary N) is 1. The van der Waals surface area contributed by atoms with Crippen molar-refractivity contribution in [3.05, 3.63) is 35.7 Å². The second-order valence-electron chi connectivity index (χ2n) is 4.83. The van der Waals surface area contributed by atoms with E-state index in [1.54, 1.807) is 6.20 Å². The molecule has 1 aromatic heterocycles. The molecule has 3 heteroatoms. The second kappa shape index (κ2) is 4.31. The fraction of sp³-hybridized carbons (Fsp3) is 0.429. The fourth-order valence-corrected chi connectivity index (χ4v) is 2.86. The highest BCUT2D eigenvalue weighted by molar-refractivity contribution is 5.67. The zero-order valence-corrected chi connectivity index (χ0v) is 9.69. The molecular formula is C14H15N3. The number of nitriles is 1. The summed E-state index contributed by atoms with van der Waals surface area (Å²) in [6, 6.07) is 4.62. The molecule has 3 nitrogen and oxygen atoms in total. The average Bonchev–Trinajstić information content (AvgIpc) is 2.86. The number of pyridine rings is 1. The van der Waals surface area contributed by atoms with Gasteiger partial charge >= 0.3 is 0 Å². The van der Waals surface area contributed by atoms with Crippen LogP contribution in [0.2, 0.25) is 0 Å². The van der Waals surface area contributed by atoms with Crippen LogP contribution in [0.25, 0.3) is 5.57 Å². The first-order valence-electron chi connectivity index (χ1n) is 6.16. The van der Waals surface area contributed by atoms with Crippen molar-refractivity contribution in [3.8, 4) is 6.07 Å². The lowest BCUT2D eigenvalue weighted by Crippen LogP contribution is -2.27. The molecule has 1 aliphatic carbocycles. The number of hydrogen-bond acceptors (Lipinski definition) is 3. The minimum atomic E-state index is 0.532. The van der Waals surface area contributed by atoms with Crippen LogP contribution in [0.1, 0.15) is 30.4 Å². The lowest BCUT2D eigenvalue weighted by molar-refractivity contribution is 0.465. The third-order valence-electron chi connectivity index (χ3n) is 3.81. The van der Waals surface area contributed by atoms with Crippen LogP contribution in [-0.2, 0) is 0 Å². The van der Waals surface area contributed by atoms with Crippen LogP contribution in [0.5, 0.6) is 0 Å². The first-order chi connectivity index (χ1) is 8.36. The molecule has 1 aromatic rings. The summed E-state index contributed by atoms with van der Waals surface area (Å²) in [6.07, 6.45) is 9.47. The van der Waals surface area contributed by atoms with Gasteiger partial charge < -0.3 is 5.32 Å². The van der Waals surface area contributed by atoms with Gasteiger partial charge in [-0.1, -0.05) is 6.08 Å². The molecule has 1 fully saturated rings. The summed E-state index contributed by atoms with van der Waals surface area (Å²) >= 11 is 0. The van der Waals surface area contributed by atoms with E-state index in [1.165, 1.54) is 18.4 Å². The number of rotatable bonds is 1. The van der Waals surface area contributed by atoms with Crippen molar-refractivity contribution in [1.82, 2.24) is 10.3 Å². The first-order valence-corrected chi connectivity index (χ1v) is 6.16. The van der Waals surface area contributed by atoms with Crippen LogP contribution in [-0.4, -0.2) is 17.6 Å². The Labute approximate surface area is 101 Å². The average molecular weight is 225 g/mol. The van der Waals surface area contributed by atoms with E-state index in [-0.39, 0.29) is 0 Å². The van der Waals surface area contributed by atoms with Gasteiger partial charge in [-0.3, -0.25) is 4.98 Å². The summed E-state index contributed by atoms with van der Waals surface area (Å²) < 4.78 is 0. The summed E-state index contributed by atoms with van der Waals surface area (Å²) in [6.45, 7) is 1.13. The van der Waals surface area contributed by atoms with Gasteiger partial charge in [-0.05, 0) is 48.9 Å². The van der Waals surface area contributed by atoms with E-state index in [2.05, 4.69) is 22.4 Å². The lowest BCUT2D eigenvalue weighted by atomic mass is 9.84. The molecular weight excluding hydrogens is 210 g/mol. The fourth-order valence-electron chi connectivity index (χ4n) is 2.86. The quantitative estimate of drug-likeness (QED) is 0.796. The van der Waals surface area contributed by atoms with E-state index in [0.29, 0.717) is 11.6 Å². The van der Waals surface area contributed by atoms with Crippen LogP contribution in [0.15, 0.2) is 24.5 Å². The Hall–Kier alpha value is -1.66. The summed E-state index contributed by atoms with van der Waals surface area (Å²) in [4.78, 5) is 4.13. The molecule has 2 aliphatic rings. The van der Waals surface area contributed by atoms with Crippen molar-refractivity contribution in [2.75, 3.05) is 6.54 Å². The number of hydrogen-bond donors (Lipinski definition) is 1. The van der Waals surface area contributed by atoms with E-state index in [9.17, 15) is 0 Å². The summed E-state index contributed by atoms with van der Waals surface area (Å²) in [5.41, 5.74) is 3.09. The maximum Gasteiger partial charge on any atom is 0.101 e. The smallest absolute Gasteiger partial charge is 0.101 e. The van der Waals surface area contributed by atoms with E-state index in [1.807, 2.05) is 12.3 Å². The number of fused-ring (bicyclic) bond motifs is 1. The number of aromatic nitrogens is 1. The number of allylic oxidation sites excluding steroid dienone is 1. The monoisotopic (exact) mass is 225 g/mol. The Morgan fingerprint density at radius 3 is 3.18 bits per heavy atom. The highest BCUT2D eigenvalue weighted by Crippen LogP contribution is 2.34. The van der Waals surface area contributed by atoms with Gasteiger partial charge in [-0.15, -0.1) is 0 Å². The predicted octanol–water partition coefficient (Wildman–Crippen LogP) is 2.11. The molecule has 0 spiro atoms. The van der Waals surface area contributed by atoms with Gasteiger partial charge in [0.1, 0.15) is 6.07 Å². The lowest BCUT2D eigenvalue weighted by Gasteiger charge is -2.24. The molecule has 0 saturated carbocycles. The van der Waals surface area contributed by atoms with Crippen molar-refractivity contribution < 1.29 is 0 Å². The first kappa shape index (κ1) is 10.5. The van der Waals surface area contributed by atoms with Gasteiger partial charge in [0.2, 0.25) is 0 Å². The molecule has 0 aromatic carbocycles. The van der Waals surface area contributed by atoms with Crippen molar-refractivity contribution in [1.29, 1.82) is 5.26 Å². The minimum absolute atomic E-state index is 0.532. The molecule has 0 amide bonds. The van der Waals surface area contributed by atoms with E-state index >= 15 is 0 Å². The Bertz CT molecular complexity index is 498. The molecule has 2 unspecified atom stereocenters. The topological polar surface area (TPSA) is 48.7 Å². The van der Waals surface area contributed by atoms with Crippen molar-refractivity contribution in [2.45, 2.75) is 25.3 Å². The molecule has 1 saturated heterocycles. The molecule has 1 aliphatic heterocycles. The Kier molecular flexibility index (Phi) is 2.66. The van der Waals surface area contributed by atoms with Gasteiger partial charge in [0, 0.05) is 18.4 Å². The summed E-state index contributed by atoms with van der Waals surface area (Å²) in [5.74, 6) is 0.811. The minimum Gasteiger partial charge on any atom is -0.310 e. The third-order valence-corrected chi connectivity index (χ3v) is 3.81. The molecule has 17 heavy (non-hydrogen) atoms. The van der Waals surface area contributed by atoms with Crippen LogP contribution in [0.4, 0.5) is 0 Å². The van der Waals surface area contributed by atoms with Crippen LogP contribution < -0.4 is 5.32 Å². The van der Waals surface area contributed by atoms with E-state index in [0.717, 1.165) is 24.4 Å². The molecule has 3 rings (SSSR count). The highest BCUT2D eigenvalue weighted by Gasteiger charge is 2.28. The SMILES string of the molecule is N#Cc1cncc(C2=CC3NCCC3CC2)c1. The third kappa shape index (κ3) is 1.96. The maximum absolute atomic E-state index is 8.89. The van der Waals surface area contributed by atoms with Crippen molar-refractivity contribution >= 4 is 5.57 Å². The standard InChI is InChI=1S/C14H15N3/c15-7-10-5-13(9-16-8-10)12-2-1-11-3-4-17-14(11)6-12/h5-6,8-9,11,14,17H,1-4H2. The highest BCUT2D eigenvalue weighted by atomic mass is 14.9. The van der Waals surface area contributed by atoms with E-state index < -0.39 is 0 Å². The van der Waals surface area contributed by atoms with Crippen molar-refractivity contribution in [2.24, 2.45) is 5.92 Å². The van der Waals surface area contributed by atoms with Crippen LogP contribution in [0, 0.1) is 17.2 Å². The Morgan fingerprint density at radius 1 is 1.35 bits per heavy atom. The van der Waals surface area contributed by atoms with Gasteiger partial charge in [-0.2, -0.15) is 5.26 Å². The Morgan fingerprint density at radius 2 is 2.29 bits per heavy atom. The summed E-state index contributed by atoms with van der Waals surface area (Å²) in [5, 5.41) is 12.4. The molecule has 0 bridgehead atoms. The second-order valence-corrected chi connectivity index (χ2v) is 4.83. The van der Waals surface area contributed by atoms with Gasteiger partial charge in [0.05, 0.1) is 5.56 Å². The molecule has 86 valence electrons. The normalized spacial score (nSPS) is 27.1. The summed E-state index contributed by atoms with van der Waals surface area (Å²) in [7, 11) is 0. The molecule has 2 atom stereocenters. The Balaban J connectivity index is 1.91. The van der Waals surface area contributed by atoms with E-state index in [4.69, 9.17) is 5.26 Å². The molecule has 2 heterocycles. The predicted molar refractivity (Wildman–Crippen MR) is 66.1 cm³/mol. The molecule has 1 N–H and O–H groups in total. The van der Waals surface area contributed by atoms with Crippen molar-refractivity contribution in [3.63, 3.8) is 0 Å². The van der Waals surface area contributed by atoms with Gasteiger partial charge in [0.15, 0.2) is 0 Å².